The molecule has 6 nitrogen and oxygen atoms in total. The number of carbonyl (C=O) groups is 1. The highest BCUT2D eigenvalue weighted by molar-refractivity contribution is 8.14. The average molecular weight is 254 g/mol. The van der Waals surface area contributed by atoms with Gasteiger partial charge in [0.05, 0.1) is 5.03 Å². The Morgan fingerprint density at radius 3 is 2.88 bits per heavy atom. The molecule has 0 radical (unpaired) electrons. The Bertz CT molecular complexity index is 576. The van der Waals surface area contributed by atoms with Crippen molar-refractivity contribution < 1.29 is 15.1 Å². The maximum absolute atomic E-state index is 11.9. The molecule has 2 N–H and O–H groups in total. The first-order valence-electron chi connectivity index (χ1n) is 4.96. The monoisotopic (exact) mass is 254 g/mol. The van der Waals surface area contributed by atoms with Crippen molar-refractivity contribution in [3.05, 3.63) is 27.5 Å². The highest BCUT2D eigenvalue weighted by Gasteiger charge is 2.27. The van der Waals surface area contributed by atoms with Crippen molar-refractivity contribution in [2.24, 2.45) is 5.16 Å². The van der Waals surface area contributed by atoms with Crippen molar-refractivity contribution >= 4 is 22.8 Å². The molecule has 1 aliphatic rings. The lowest BCUT2D eigenvalue weighted by Gasteiger charge is -2.09. The van der Waals surface area contributed by atoms with E-state index < -0.39 is 11.4 Å². The van der Waals surface area contributed by atoms with Crippen LogP contribution >= 0.6 is 11.8 Å². The lowest BCUT2D eigenvalue weighted by Crippen LogP contribution is -2.22. The zero-order valence-corrected chi connectivity index (χ0v) is 9.82. The smallest absolute Gasteiger partial charge is 0.341 e. The van der Waals surface area contributed by atoms with E-state index in [9.17, 15) is 9.59 Å². The van der Waals surface area contributed by atoms with Gasteiger partial charge in [0.1, 0.15) is 10.6 Å². The van der Waals surface area contributed by atoms with Crippen LogP contribution in [0.3, 0.4) is 0 Å². The largest absolute Gasteiger partial charge is 0.477 e. The van der Waals surface area contributed by atoms with Gasteiger partial charge in [0.2, 0.25) is 5.43 Å². The Hall–Kier alpha value is -1.76. The summed E-state index contributed by atoms with van der Waals surface area (Å²) in [6.45, 7) is 2.40. The molecule has 0 spiro atoms. The minimum Gasteiger partial charge on any atom is -0.477 e. The second kappa shape index (κ2) is 4.25. The zero-order valence-electron chi connectivity index (χ0n) is 9.01. The van der Waals surface area contributed by atoms with E-state index >= 15 is 0 Å². The van der Waals surface area contributed by atoms with Crippen LogP contribution < -0.4 is 5.43 Å². The molecular weight excluding hydrogens is 244 g/mol. The van der Waals surface area contributed by atoms with Crippen LogP contribution in [0.5, 0.6) is 0 Å². The number of aryl methyl sites for hydroxylation is 1. The first-order chi connectivity index (χ1) is 8.08. The predicted molar refractivity (Wildman–Crippen MR) is 62.1 cm³/mol. The fraction of sp³-hybridized carbons (Fsp3) is 0.300. The summed E-state index contributed by atoms with van der Waals surface area (Å²) < 4.78 is 1.68. The number of fused-ring (bicyclic) bond motifs is 1. The van der Waals surface area contributed by atoms with Crippen LogP contribution in [0.15, 0.2) is 21.2 Å². The minimum absolute atomic E-state index is 0.191. The quantitative estimate of drug-likeness (QED) is 0.607. The summed E-state index contributed by atoms with van der Waals surface area (Å²) in [7, 11) is 0. The van der Waals surface area contributed by atoms with Gasteiger partial charge >= 0.3 is 5.97 Å². The van der Waals surface area contributed by atoms with Gasteiger partial charge in [0.15, 0.2) is 0 Å². The summed E-state index contributed by atoms with van der Waals surface area (Å²) in [5, 5.41) is 21.8. The SMILES string of the molecule is CCn1cc(C(=O)O)c(=O)c2c1SC(=NO)C2. The number of carboxylic acids is 1. The van der Waals surface area contributed by atoms with Crippen molar-refractivity contribution in [1.29, 1.82) is 0 Å². The number of aromatic nitrogens is 1. The van der Waals surface area contributed by atoms with Crippen molar-refractivity contribution in [1.82, 2.24) is 4.57 Å². The number of carboxylic acid groups (broad SMARTS) is 1. The van der Waals surface area contributed by atoms with E-state index in [1.54, 1.807) is 4.57 Å². The van der Waals surface area contributed by atoms with Gasteiger partial charge in [-0.1, -0.05) is 16.9 Å². The second-order valence-electron chi connectivity index (χ2n) is 3.52. The van der Waals surface area contributed by atoms with Gasteiger partial charge in [0.25, 0.3) is 0 Å². The Morgan fingerprint density at radius 2 is 2.35 bits per heavy atom. The van der Waals surface area contributed by atoms with E-state index in [0.717, 1.165) is 0 Å². The molecule has 2 rings (SSSR count). The summed E-state index contributed by atoms with van der Waals surface area (Å²) in [4.78, 5) is 22.8. The molecule has 2 heterocycles. The minimum atomic E-state index is -1.24. The number of hydrogen-bond donors (Lipinski definition) is 2. The highest BCUT2D eigenvalue weighted by Crippen LogP contribution is 2.31. The summed E-state index contributed by atoms with van der Waals surface area (Å²) >= 11 is 1.19. The van der Waals surface area contributed by atoms with Crippen molar-refractivity contribution in [2.45, 2.75) is 24.9 Å². The molecule has 1 aliphatic heterocycles. The molecule has 1 aromatic heterocycles. The Labute approximate surface area is 101 Å². The summed E-state index contributed by atoms with van der Waals surface area (Å²) in [6, 6.07) is 0. The lowest BCUT2D eigenvalue weighted by atomic mass is 10.1. The summed E-state index contributed by atoms with van der Waals surface area (Å²) in [5.41, 5.74) is -0.349. The van der Waals surface area contributed by atoms with Crippen LogP contribution in [0.4, 0.5) is 0 Å². The number of pyridine rings is 1. The molecule has 0 saturated carbocycles. The molecular formula is C10H10N2O4S. The van der Waals surface area contributed by atoms with Crippen LogP contribution in [0, 0.1) is 0 Å². The molecule has 0 aliphatic carbocycles. The normalized spacial score (nSPS) is 16.2. The molecule has 0 unspecified atom stereocenters. The fourth-order valence-electron chi connectivity index (χ4n) is 1.72. The fourth-order valence-corrected chi connectivity index (χ4v) is 2.79. The molecule has 1 aromatic rings. The average Bonchev–Trinajstić information content (AvgIpc) is 2.74. The van der Waals surface area contributed by atoms with Gasteiger partial charge in [-0.2, -0.15) is 0 Å². The van der Waals surface area contributed by atoms with Crippen LogP contribution in [0.2, 0.25) is 0 Å². The number of aromatic carboxylic acids is 1. The van der Waals surface area contributed by atoms with Crippen molar-refractivity contribution in [3.63, 3.8) is 0 Å². The first kappa shape index (κ1) is 11.7. The van der Waals surface area contributed by atoms with Crippen LogP contribution in [0.1, 0.15) is 22.8 Å². The molecule has 17 heavy (non-hydrogen) atoms. The highest BCUT2D eigenvalue weighted by atomic mass is 32.2. The number of thioether (sulfide) groups is 1. The number of rotatable bonds is 2. The molecule has 0 saturated heterocycles. The van der Waals surface area contributed by atoms with E-state index in [0.29, 0.717) is 22.2 Å². The Balaban J connectivity index is 2.69. The van der Waals surface area contributed by atoms with E-state index in [1.807, 2.05) is 6.92 Å². The third-order valence-electron chi connectivity index (χ3n) is 2.55. The molecule has 90 valence electrons. The van der Waals surface area contributed by atoms with Crippen LogP contribution in [-0.4, -0.2) is 25.9 Å². The molecule has 0 bridgehead atoms. The summed E-state index contributed by atoms with van der Waals surface area (Å²) in [5.74, 6) is -1.24. The van der Waals surface area contributed by atoms with Crippen molar-refractivity contribution in [2.75, 3.05) is 0 Å². The van der Waals surface area contributed by atoms with Crippen LogP contribution in [-0.2, 0) is 13.0 Å². The first-order valence-corrected chi connectivity index (χ1v) is 5.78. The van der Waals surface area contributed by atoms with E-state index in [4.69, 9.17) is 10.3 Å². The van der Waals surface area contributed by atoms with E-state index in [-0.39, 0.29) is 12.0 Å². The molecule has 0 fully saturated rings. The standard InChI is InChI=1S/C10H10N2O4S/c1-2-12-4-6(10(14)15)8(13)5-3-7(11-16)17-9(5)12/h4,16H,2-3H2,1H3,(H,14,15). The van der Waals surface area contributed by atoms with Gasteiger partial charge in [-0.05, 0) is 6.92 Å². The van der Waals surface area contributed by atoms with Crippen molar-refractivity contribution in [3.8, 4) is 0 Å². The second-order valence-corrected chi connectivity index (χ2v) is 4.58. The Morgan fingerprint density at radius 1 is 1.65 bits per heavy atom. The predicted octanol–water partition coefficient (Wildman–Crippen LogP) is 1.00. The lowest BCUT2D eigenvalue weighted by molar-refractivity contribution is 0.0694. The van der Waals surface area contributed by atoms with Gasteiger partial charge in [0, 0.05) is 24.7 Å². The van der Waals surface area contributed by atoms with Gasteiger partial charge in [-0.25, -0.2) is 4.79 Å². The third-order valence-corrected chi connectivity index (χ3v) is 3.68. The number of oxime groups is 1. The summed E-state index contributed by atoms with van der Waals surface area (Å²) in [6.07, 6.45) is 1.52. The number of hydrogen-bond acceptors (Lipinski definition) is 5. The maximum Gasteiger partial charge on any atom is 0.341 e. The van der Waals surface area contributed by atoms with Gasteiger partial charge < -0.3 is 14.9 Å². The third kappa shape index (κ3) is 1.82. The van der Waals surface area contributed by atoms with Gasteiger partial charge in [-0.3, -0.25) is 4.79 Å². The molecule has 0 aromatic carbocycles. The maximum atomic E-state index is 11.9. The molecule has 0 amide bonds. The molecule has 0 atom stereocenters. The van der Waals surface area contributed by atoms with E-state index in [1.165, 1.54) is 18.0 Å². The molecule has 7 heteroatoms. The van der Waals surface area contributed by atoms with Crippen LogP contribution in [0.25, 0.3) is 0 Å². The number of nitrogens with zero attached hydrogens (tertiary/aromatic N) is 2. The zero-order chi connectivity index (χ0) is 12.6. The topological polar surface area (TPSA) is 91.9 Å². The van der Waals surface area contributed by atoms with E-state index in [2.05, 4.69) is 5.16 Å². The Kier molecular flexibility index (Phi) is 2.93. The van der Waals surface area contributed by atoms with Gasteiger partial charge in [-0.15, -0.1) is 0 Å².